The molecule has 0 aromatic carbocycles. The number of rotatable bonds is 6. The smallest absolute Gasteiger partial charge is 0.188 e. The SMILES string of the molecule is COCC(C)NC(N)=NCCc1ccccn1. The maximum atomic E-state index is 5.73. The van der Waals surface area contributed by atoms with Crippen LogP contribution in [-0.2, 0) is 11.2 Å². The van der Waals surface area contributed by atoms with Gasteiger partial charge >= 0.3 is 0 Å². The number of nitrogens with zero attached hydrogens (tertiary/aromatic N) is 2. The largest absolute Gasteiger partial charge is 0.383 e. The van der Waals surface area contributed by atoms with E-state index in [0.29, 0.717) is 19.1 Å². The third-order valence-corrected chi connectivity index (χ3v) is 2.19. The molecule has 1 aromatic rings. The molecule has 1 rings (SSSR count). The molecular formula is C12H20N4O. The third-order valence-electron chi connectivity index (χ3n) is 2.19. The van der Waals surface area contributed by atoms with Gasteiger partial charge < -0.3 is 15.8 Å². The topological polar surface area (TPSA) is 72.5 Å². The van der Waals surface area contributed by atoms with Crippen molar-refractivity contribution in [2.75, 3.05) is 20.3 Å². The molecule has 0 aliphatic heterocycles. The molecule has 1 unspecified atom stereocenters. The predicted molar refractivity (Wildman–Crippen MR) is 68.9 cm³/mol. The number of methoxy groups -OCH3 is 1. The lowest BCUT2D eigenvalue weighted by Crippen LogP contribution is -2.40. The Morgan fingerprint density at radius 3 is 3.06 bits per heavy atom. The fourth-order valence-corrected chi connectivity index (χ4v) is 1.43. The number of nitrogens with one attached hydrogen (secondary N) is 1. The van der Waals surface area contributed by atoms with Crippen LogP contribution >= 0.6 is 0 Å². The van der Waals surface area contributed by atoms with E-state index in [1.54, 1.807) is 13.3 Å². The van der Waals surface area contributed by atoms with Gasteiger partial charge in [-0.05, 0) is 19.1 Å². The molecule has 5 heteroatoms. The first-order valence-electron chi connectivity index (χ1n) is 5.67. The summed E-state index contributed by atoms with van der Waals surface area (Å²) >= 11 is 0. The van der Waals surface area contributed by atoms with Crippen molar-refractivity contribution in [1.82, 2.24) is 10.3 Å². The molecule has 0 radical (unpaired) electrons. The van der Waals surface area contributed by atoms with E-state index in [1.165, 1.54) is 0 Å². The quantitative estimate of drug-likeness (QED) is 0.559. The Bertz CT molecular complexity index is 340. The second kappa shape index (κ2) is 7.62. The lowest BCUT2D eigenvalue weighted by molar-refractivity contribution is 0.179. The van der Waals surface area contributed by atoms with Crippen LogP contribution in [-0.4, -0.2) is 37.2 Å². The molecule has 3 N–H and O–H groups in total. The lowest BCUT2D eigenvalue weighted by Gasteiger charge is -2.12. The fraction of sp³-hybridized carbons (Fsp3) is 0.500. The molecule has 1 atom stereocenters. The van der Waals surface area contributed by atoms with Gasteiger partial charge in [-0.15, -0.1) is 0 Å². The lowest BCUT2D eigenvalue weighted by atomic mass is 10.3. The van der Waals surface area contributed by atoms with Crippen LogP contribution in [0.15, 0.2) is 29.4 Å². The zero-order chi connectivity index (χ0) is 12.5. The van der Waals surface area contributed by atoms with Crippen LogP contribution in [0.4, 0.5) is 0 Å². The molecule has 94 valence electrons. The number of hydrogen-bond donors (Lipinski definition) is 2. The van der Waals surface area contributed by atoms with Gasteiger partial charge in [-0.25, -0.2) is 0 Å². The summed E-state index contributed by atoms with van der Waals surface area (Å²) in [4.78, 5) is 8.44. The summed E-state index contributed by atoms with van der Waals surface area (Å²) in [6.45, 7) is 3.23. The third kappa shape index (κ3) is 5.87. The number of guanidine groups is 1. The Labute approximate surface area is 102 Å². The van der Waals surface area contributed by atoms with E-state index < -0.39 is 0 Å². The van der Waals surface area contributed by atoms with Crippen molar-refractivity contribution < 1.29 is 4.74 Å². The highest BCUT2D eigenvalue weighted by atomic mass is 16.5. The molecule has 0 aliphatic rings. The van der Waals surface area contributed by atoms with E-state index in [0.717, 1.165) is 12.1 Å². The van der Waals surface area contributed by atoms with E-state index >= 15 is 0 Å². The number of aromatic nitrogens is 1. The first-order valence-corrected chi connectivity index (χ1v) is 5.67. The number of aliphatic imine (C=N–C) groups is 1. The van der Waals surface area contributed by atoms with Crippen LogP contribution in [0.1, 0.15) is 12.6 Å². The Balaban J connectivity index is 2.28. The summed E-state index contributed by atoms with van der Waals surface area (Å²) in [5.41, 5.74) is 6.75. The molecule has 17 heavy (non-hydrogen) atoms. The average Bonchev–Trinajstić information content (AvgIpc) is 2.30. The average molecular weight is 236 g/mol. The summed E-state index contributed by atoms with van der Waals surface area (Å²) in [7, 11) is 1.66. The fourth-order valence-electron chi connectivity index (χ4n) is 1.43. The van der Waals surface area contributed by atoms with Crippen molar-refractivity contribution in [3.63, 3.8) is 0 Å². The van der Waals surface area contributed by atoms with Crippen LogP contribution < -0.4 is 11.1 Å². The van der Waals surface area contributed by atoms with Gasteiger partial charge in [-0.1, -0.05) is 6.07 Å². The molecule has 5 nitrogen and oxygen atoms in total. The van der Waals surface area contributed by atoms with Crippen molar-refractivity contribution in [3.8, 4) is 0 Å². The monoisotopic (exact) mass is 236 g/mol. The predicted octanol–water partition coefficient (Wildman–Crippen LogP) is 0.563. The van der Waals surface area contributed by atoms with Gasteiger partial charge in [0.25, 0.3) is 0 Å². The van der Waals surface area contributed by atoms with Gasteiger partial charge in [0.2, 0.25) is 0 Å². The van der Waals surface area contributed by atoms with E-state index in [2.05, 4.69) is 15.3 Å². The zero-order valence-electron chi connectivity index (χ0n) is 10.4. The molecular weight excluding hydrogens is 216 g/mol. The van der Waals surface area contributed by atoms with E-state index in [1.807, 2.05) is 25.1 Å². The van der Waals surface area contributed by atoms with Crippen molar-refractivity contribution in [1.29, 1.82) is 0 Å². The molecule has 0 spiro atoms. The van der Waals surface area contributed by atoms with E-state index in [4.69, 9.17) is 10.5 Å². The zero-order valence-corrected chi connectivity index (χ0v) is 10.4. The molecule has 0 fully saturated rings. The van der Waals surface area contributed by atoms with Gasteiger partial charge in [0.1, 0.15) is 0 Å². The Morgan fingerprint density at radius 1 is 1.59 bits per heavy atom. The highest BCUT2D eigenvalue weighted by molar-refractivity contribution is 5.78. The van der Waals surface area contributed by atoms with Crippen molar-refractivity contribution >= 4 is 5.96 Å². The standard InChI is InChI=1S/C12H20N4O/c1-10(9-17-2)16-12(13)15-8-6-11-5-3-4-7-14-11/h3-5,7,10H,6,8-9H2,1-2H3,(H3,13,15,16). The minimum atomic E-state index is 0.165. The number of ether oxygens (including phenoxy) is 1. The maximum absolute atomic E-state index is 5.73. The Kier molecular flexibility index (Phi) is 6.03. The molecule has 0 saturated carbocycles. The summed E-state index contributed by atoms with van der Waals surface area (Å²) in [6, 6.07) is 6.01. The van der Waals surface area contributed by atoms with Gasteiger partial charge in [-0.2, -0.15) is 0 Å². The van der Waals surface area contributed by atoms with Crippen molar-refractivity contribution in [2.24, 2.45) is 10.7 Å². The maximum Gasteiger partial charge on any atom is 0.188 e. The molecule has 0 bridgehead atoms. The number of hydrogen-bond acceptors (Lipinski definition) is 3. The highest BCUT2D eigenvalue weighted by Crippen LogP contribution is 1.94. The second-order valence-electron chi connectivity index (χ2n) is 3.84. The molecule has 1 heterocycles. The van der Waals surface area contributed by atoms with Gasteiger partial charge in [0, 0.05) is 38.0 Å². The second-order valence-corrected chi connectivity index (χ2v) is 3.84. The van der Waals surface area contributed by atoms with Crippen LogP contribution in [0.25, 0.3) is 0 Å². The number of nitrogens with two attached hydrogens (primary N) is 1. The van der Waals surface area contributed by atoms with Crippen LogP contribution in [0.3, 0.4) is 0 Å². The van der Waals surface area contributed by atoms with E-state index in [-0.39, 0.29) is 6.04 Å². The minimum Gasteiger partial charge on any atom is -0.383 e. The summed E-state index contributed by atoms with van der Waals surface area (Å²) in [6.07, 6.45) is 2.57. The van der Waals surface area contributed by atoms with Crippen LogP contribution in [0.5, 0.6) is 0 Å². The highest BCUT2D eigenvalue weighted by Gasteiger charge is 2.01. The van der Waals surface area contributed by atoms with Crippen LogP contribution in [0, 0.1) is 0 Å². The minimum absolute atomic E-state index is 0.165. The van der Waals surface area contributed by atoms with Gasteiger partial charge in [-0.3, -0.25) is 9.98 Å². The van der Waals surface area contributed by atoms with E-state index in [9.17, 15) is 0 Å². The number of pyridine rings is 1. The first-order chi connectivity index (χ1) is 8.22. The molecule has 0 saturated heterocycles. The molecule has 0 aliphatic carbocycles. The van der Waals surface area contributed by atoms with Gasteiger partial charge in [0.05, 0.1) is 6.61 Å². The summed E-state index contributed by atoms with van der Waals surface area (Å²) in [5, 5.41) is 3.05. The van der Waals surface area contributed by atoms with Crippen LogP contribution in [0.2, 0.25) is 0 Å². The summed E-state index contributed by atoms with van der Waals surface area (Å²) < 4.78 is 5.00. The first kappa shape index (κ1) is 13.4. The normalized spacial score (nSPS) is 13.4. The van der Waals surface area contributed by atoms with Gasteiger partial charge in [0.15, 0.2) is 5.96 Å². The Hall–Kier alpha value is -1.62. The molecule has 0 amide bonds. The van der Waals surface area contributed by atoms with Crippen molar-refractivity contribution in [2.45, 2.75) is 19.4 Å². The molecule has 1 aromatic heterocycles. The summed E-state index contributed by atoms with van der Waals surface area (Å²) in [5.74, 6) is 0.450. The van der Waals surface area contributed by atoms with Crippen molar-refractivity contribution in [3.05, 3.63) is 30.1 Å². The Morgan fingerprint density at radius 2 is 2.41 bits per heavy atom.